The first kappa shape index (κ1) is 14.5. The molecular weight excluding hydrogens is 254 g/mol. The van der Waals surface area contributed by atoms with Crippen LogP contribution in [-0.2, 0) is 19.6 Å². The predicted molar refractivity (Wildman–Crippen MR) is 70.0 cm³/mol. The lowest BCUT2D eigenvalue weighted by molar-refractivity contribution is -0.140. The predicted octanol–water partition coefficient (Wildman–Crippen LogP) is 1.61. The number of esters is 1. The summed E-state index contributed by atoms with van der Waals surface area (Å²) in [6.45, 7) is 3.78. The maximum atomic E-state index is 11.7. The average molecular weight is 271 g/mol. The molecule has 0 fully saturated rings. The highest BCUT2D eigenvalue weighted by Gasteiger charge is 2.13. The Hall–Kier alpha value is -1.56. The molecular formula is C12H17NO4S. The van der Waals surface area contributed by atoms with Crippen molar-refractivity contribution in [2.75, 3.05) is 17.6 Å². The van der Waals surface area contributed by atoms with E-state index in [1.165, 1.54) is 7.11 Å². The molecule has 0 bridgehead atoms. The third-order valence-electron chi connectivity index (χ3n) is 2.30. The van der Waals surface area contributed by atoms with Crippen LogP contribution in [-0.4, -0.2) is 27.2 Å². The van der Waals surface area contributed by atoms with E-state index in [1.54, 1.807) is 12.1 Å². The molecule has 6 heteroatoms. The van der Waals surface area contributed by atoms with Crippen LogP contribution in [0, 0.1) is 13.8 Å². The molecule has 0 aromatic heterocycles. The van der Waals surface area contributed by atoms with E-state index in [1.807, 2.05) is 19.9 Å². The van der Waals surface area contributed by atoms with Gasteiger partial charge in [0.05, 0.1) is 19.3 Å². The summed E-state index contributed by atoms with van der Waals surface area (Å²) in [7, 11) is -2.30. The second kappa shape index (κ2) is 5.86. The lowest BCUT2D eigenvalue weighted by Crippen LogP contribution is -2.19. The number of sulfonamides is 1. The molecule has 5 nitrogen and oxygen atoms in total. The molecule has 0 unspecified atom stereocenters. The van der Waals surface area contributed by atoms with Crippen molar-refractivity contribution in [2.45, 2.75) is 20.3 Å². The molecule has 0 aliphatic heterocycles. The smallest absolute Gasteiger partial charge is 0.306 e. The van der Waals surface area contributed by atoms with Gasteiger partial charge < -0.3 is 4.74 Å². The van der Waals surface area contributed by atoms with Crippen molar-refractivity contribution < 1.29 is 17.9 Å². The van der Waals surface area contributed by atoms with E-state index in [9.17, 15) is 13.2 Å². The first-order valence-corrected chi connectivity index (χ1v) is 7.13. The molecule has 0 aliphatic carbocycles. The summed E-state index contributed by atoms with van der Waals surface area (Å²) >= 11 is 0. The molecule has 100 valence electrons. The number of benzene rings is 1. The Morgan fingerprint density at radius 3 is 2.28 bits per heavy atom. The Bertz CT molecular complexity index is 517. The fraction of sp³-hybridized carbons (Fsp3) is 0.417. The monoisotopic (exact) mass is 271 g/mol. The highest BCUT2D eigenvalue weighted by Crippen LogP contribution is 2.15. The molecule has 0 aliphatic rings. The summed E-state index contributed by atoms with van der Waals surface area (Å²) in [5, 5.41) is 0. The zero-order valence-electron chi connectivity index (χ0n) is 10.7. The quantitative estimate of drug-likeness (QED) is 0.826. The van der Waals surface area contributed by atoms with Crippen LogP contribution >= 0.6 is 0 Å². The number of methoxy groups -OCH3 is 1. The van der Waals surface area contributed by atoms with Crippen molar-refractivity contribution in [3.63, 3.8) is 0 Å². The van der Waals surface area contributed by atoms with E-state index in [0.29, 0.717) is 5.69 Å². The minimum atomic E-state index is -3.52. The molecule has 0 saturated carbocycles. The van der Waals surface area contributed by atoms with E-state index < -0.39 is 16.0 Å². The largest absolute Gasteiger partial charge is 0.469 e. The van der Waals surface area contributed by atoms with Crippen molar-refractivity contribution in [3.05, 3.63) is 29.3 Å². The SMILES string of the molecule is COC(=O)CCS(=O)(=O)Nc1cc(C)cc(C)c1. The second-order valence-corrected chi connectivity index (χ2v) is 5.97. The summed E-state index contributed by atoms with van der Waals surface area (Å²) in [4.78, 5) is 10.9. The van der Waals surface area contributed by atoms with Crippen LogP contribution in [0.4, 0.5) is 5.69 Å². The normalized spacial score (nSPS) is 11.1. The van der Waals surface area contributed by atoms with Gasteiger partial charge in [-0.15, -0.1) is 0 Å². The van der Waals surface area contributed by atoms with Gasteiger partial charge in [-0.05, 0) is 37.1 Å². The van der Waals surface area contributed by atoms with Crippen LogP contribution < -0.4 is 4.72 Å². The zero-order chi connectivity index (χ0) is 13.8. The Morgan fingerprint density at radius 2 is 1.78 bits per heavy atom. The maximum absolute atomic E-state index is 11.7. The van der Waals surface area contributed by atoms with Crippen LogP contribution in [0.25, 0.3) is 0 Å². The van der Waals surface area contributed by atoms with Crippen LogP contribution in [0.15, 0.2) is 18.2 Å². The molecule has 0 saturated heterocycles. The number of aryl methyl sites for hydroxylation is 2. The molecule has 18 heavy (non-hydrogen) atoms. The molecule has 1 N–H and O–H groups in total. The number of carbonyl (C=O) groups is 1. The third kappa shape index (κ3) is 4.75. The van der Waals surface area contributed by atoms with Gasteiger partial charge >= 0.3 is 5.97 Å². The van der Waals surface area contributed by atoms with Crippen LogP contribution in [0.2, 0.25) is 0 Å². The first-order chi connectivity index (χ1) is 8.32. The zero-order valence-corrected chi connectivity index (χ0v) is 11.5. The number of ether oxygens (including phenoxy) is 1. The van der Waals surface area contributed by atoms with Crippen LogP contribution in [0.5, 0.6) is 0 Å². The minimum Gasteiger partial charge on any atom is -0.469 e. The summed E-state index contributed by atoms with van der Waals surface area (Å²) < 4.78 is 30.3. The fourth-order valence-corrected chi connectivity index (χ4v) is 2.60. The standard InChI is InChI=1S/C12H17NO4S/c1-9-6-10(2)8-11(7-9)13-18(15,16)5-4-12(14)17-3/h6-8,13H,4-5H2,1-3H3. The van der Waals surface area contributed by atoms with Gasteiger partial charge in [0.25, 0.3) is 0 Å². The summed E-state index contributed by atoms with van der Waals surface area (Å²) in [5.74, 6) is -0.826. The van der Waals surface area contributed by atoms with Crippen molar-refractivity contribution in [1.82, 2.24) is 0 Å². The van der Waals surface area contributed by atoms with Gasteiger partial charge in [-0.3, -0.25) is 9.52 Å². The van der Waals surface area contributed by atoms with E-state index in [-0.39, 0.29) is 12.2 Å². The number of nitrogens with one attached hydrogen (secondary N) is 1. The number of hydrogen-bond donors (Lipinski definition) is 1. The Morgan fingerprint density at radius 1 is 1.22 bits per heavy atom. The van der Waals surface area contributed by atoms with Gasteiger partial charge in [0.15, 0.2) is 0 Å². The Kier molecular flexibility index (Phi) is 4.72. The maximum Gasteiger partial charge on any atom is 0.306 e. The van der Waals surface area contributed by atoms with Crippen LogP contribution in [0.3, 0.4) is 0 Å². The molecule has 1 rings (SSSR count). The van der Waals surface area contributed by atoms with E-state index >= 15 is 0 Å². The molecule has 0 atom stereocenters. The fourth-order valence-electron chi connectivity index (χ4n) is 1.58. The number of carbonyl (C=O) groups excluding carboxylic acids is 1. The van der Waals surface area contributed by atoms with Crippen molar-refractivity contribution in [3.8, 4) is 0 Å². The lowest BCUT2D eigenvalue weighted by atomic mass is 10.1. The van der Waals surface area contributed by atoms with Crippen molar-refractivity contribution in [1.29, 1.82) is 0 Å². The van der Waals surface area contributed by atoms with Gasteiger partial charge in [0.2, 0.25) is 10.0 Å². The third-order valence-corrected chi connectivity index (χ3v) is 3.59. The van der Waals surface area contributed by atoms with Gasteiger partial charge in [-0.1, -0.05) is 6.07 Å². The number of hydrogen-bond acceptors (Lipinski definition) is 4. The molecule has 1 aromatic rings. The second-order valence-electron chi connectivity index (χ2n) is 4.12. The lowest BCUT2D eigenvalue weighted by Gasteiger charge is -2.09. The number of anilines is 1. The van der Waals surface area contributed by atoms with Crippen molar-refractivity contribution >= 4 is 21.7 Å². The van der Waals surface area contributed by atoms with Crippen LogP contribution in [0.1, 0.15) is 17.5 Å². The molecule has 0 radical (unpaired) electrons. The van der Waals surface area contributed by atoms with E-state index in [4.69, 9.17) is 0 Å². The van der Waals surface area contributed by atoms with E-state index in [0.717, 1.165) is 11.1 Å². The topological polar surface area (TPSA) is 72.5 Å². The molecule has 0 heterocycles. The van der Waals surface area contributed by atoms with Gasteiger partial charge in [0.1, 0.15) is 0 Å². The Balaban J connectivity index is 2.73. The Labute approximate surface area is 107 Å². The first-order valence-electron chi connectivity index (χ1n) is 5.48. The van der Waals surface area contributed by atoms with Gasteiger partial charge in [0, 0.05) is 5.69 Å². The highest BCUT2D eigenvalue weighted by atomic mass is 32.2. The number of rotatable bonds is 5. The highest BCUT2D eigenvalue weighted by molar-refractivity contribution is 7.92. The summed E-state index contributed by atoms with van der Waals surface area (Å²) in [6.07, 6.45) is -0.156. The molecule has 0 spiro atoms. The summed E-state index contributed by atoms with van der Waals surface area (Å²) in [5.41, 5.74) is 2.46. The minimum absolute atomic E-state index is 0.156. The van der Waals surface area contributed by atoms with Gasteiger partial charge in [-0.2, -0.15) is 0 Å². The van der Waals surface area contributed by atoms with Crippen molar-refractivity contribution in [2.24, 2.45) is 0 Å². The molecule has 1 aromatic carbocycles. The van der Waals surface area contributed by atoms with Gasteiger partial charge in [-0.25, -0.2) is 8.42 Å². The summed E-state index contributed by atoms with van der Waals surface area (Å²) in [6, 6.07) is 5.43. The van der Waals surface area contributed by atoms with E-state index in [2.05, 4.69) is 9.46 Å². The molecule has 0 amide bonds. The average Bonchev–Trinajstić information content (AvgIpc) is 2.23.